The fraction of sp³-hybridized carbons (Fsp3) is 0.440. The van der Waals surface area contributed by atoms with E-state index in [1.807, 2.05) is 11.9 Å². The van der Waals surface area contributed by atoms with E-state index in [-0.39, 0.29) is 38.0 Å². The Hall–Kier alpha value is -2.03. The number of benzene rings is 2. The third-order valence-electron chi connectivity index (χ3n) is 6.33. The zero-order chi connectivity index (χ0) is 25.0. The number of piperazine rings is 1. The zero-order valence-electron chi connectivity index (χ0n) is 19.5. The van der Waals surface area contributed by atoms with Crippen molar-refractivity contribution in [1.29, 1.82) is 0 Å². The number of likely N-dealkylation sites (N-methyl/N-ethyl adjacent to an activating group) is 1. The summed E-state index contributed by atoms with van der Waals surface area (Å²) < 4.78 is 12.2. The first-order valence-electron chi connectivity index (χ1n) is 11.5. The van der Waals surface area contributed by atoms with Gasteiger partial charge in [-0.15, -0.1) is 0 Å². The van der Waals surface area contributed by atoms with Crippen LogP contribution < -0.4 is 4.74 Å². The van der Waals surface area contributed by atoms with Crippen molar-refractivity contribution in [3.05, 3.63) is 63.1 Å². The predicted molar refractivity (Wildman–Crippen MR) is 137 cm³/mol. The molecule has 2 heterocycles. The van der Waals surface area contributed by atoms with Gasteiger partial charge < -0.3 is 24.2 Å². The molecule has 10 heteroatoms. The highest BCUT2D eigenvalue weighted by molar-refractivity contribution is 6.42. The Morgan fingerprint density at radius 2 is 1.74 bits per heavy atom. The second-order valence-corrected chi connectivity index (χ2v) is 10.2. The van der Waals surface area contributed by atoms with Gasteiger partial charge in [0.2, 0.25) is 5.91 Å². The molecule has 0 N–H and O–H groups in total. The van der Waals surface area contributed by atoms with Crippen molar-refractivity contribution in [1.82, 2.24) is 14.7 Å². The third kappa shape index (κ3) is 6.60. The van der Waals surface area contributed by atoms with Crippen molar-refractivity contribution in [3.63, 3.8) is 0 Å². The van der Waals surface area contributed by atoms with Gasteiger partial charge in [-0.1, -0.05) is 40.9 Å². The molecule has 0 saturated carbocycles. The molecule has 0 spiro atoms. The van der Waals surface area contributed by atoms with Gasteiger partial charge >= 0.3 is 0 Å². The average Bonchev–Trinajstić information content (AvgIpc) is 2.85. The third-order valence-corrected chi connectivity index (χ3v) is 7.30. The minimum absolute atomic E-state index is 0.0170. The largest absolute Gasteiger partial charge is 0.490 e. The van der Waals surface area contributed by atoms with Crippen molar-refractivity contribution in [2.24, 2.45) is 0 Å². The lowest BCUT2D eigenvalue weighted by Gasteiger charge is -2.43. The molecule has 35 heavy (non-hydrogen) atoms. The molecule has 2 aliphatic heterocycles. The Kier molecular flexibility index (Phi) is 8.45. The number of amides is 2. The molecule has 7 nitrogen and oxygen atoms in total. The number of hydrogen-bond donors (Lipinski definition) is 0. The van der Waals surface area contributed by atoms with Gasteiger partial charge in [0.15, 0.2) is 0 Å². The highest BCUT2D eigenvalue weighted by Crippen LogP contribution is 2.29. The Labute approximate surface area is 220 Å². The van der Waals surface area contributed by atoms with E-state index in [1.54, 1.807) is 47.4 Å². The summed E-state index contributed by atoms with van der Waals surface area (Å²) in [5, 5.41) is 1.24. The molecule has 2 aliphatic rings. The van der Waals surface area contributed by atoms with Crippen molar-refractivity contribution in [3.8, 4) is 5.75 Å². The number of rotatable bonds is 6. The summed E-state index contributed by atoms with van der Waals surface area (Å²) in [4.78, 5) is 32.3. The Morgan fingerprint density at radius 3 is 2.46 bits per heavy atom. The zero-order valence-corrected chi connectivity index (χ0v) is 21.8. The van der Waals surface area contributed by atoms with E-state index in [1.165, 1.54) is 0 Å². The molecule has 0 aromatic heterocycles. The van der Waals surface area contributed by atoms with E-state index in [0.717, 1.165) is 13.1 Å². The minimum Gasteiger partial charge on any atom is -0.490 e. The molecule has 2 amide bonds. The van der Waals surface area contributed by atoms with Crippen LogP contribution in [-0.4, -0.2) is 91.6 Å². The SMILES string of the molecule is CN1CCN(C(=O)C[C@@]2(COc3cccc(Cl)c3)CN(C(=O)c3ccc(Cl)c(Cl)c3)CCO2)CC1. The number of carbonyl (C=O) groups is 2. The van der Waals surface area contributed by atoms with Crippen molar-refractivity contribution >= 4 is 46.6 Å². The number of nitrogens with zero attached hydrogens (tertiary/aromatic N) is 3. The van der Waals surface area contributed by atoms with Crippen LogP contribution in [0.5, 0.6) is 5.75 Å². The number of ether oxygens (including phenoxy) is 2. The molecule has 188 valence electrons. The van der Waals surface area contributed by atoms with Crippen molar-refractivity contribution < 1.29 is 19.1 Å². The molecule has 2 fully saturated rings. The minimum atomic E-state index is -1.01. The van der Waals surface area contributed by atoms with E-state index in [4.69, 9.17) is 44.3 Å². The maximum atomic E-state index is 13.3. The quantitative estimate of drug-likeness (QED) is 0.552. The lowest BCUT2D eigenvalue weighted by atomic mass is 9.96. The molecule has 2 aromatic rings. The molecule has 4 rings (SSSR count). The fourth-order valence-electron chi connectivity index (χ4n) is 4.29. The predicted octanol–water partition coefficient (Wildman–Crippen LogP) is 4.10. The van der Waals surface area contributed by atoms with Gasteiger partial charge in [-0.2, -0.15) is 0 Å². The second kappa shape index (κ2) is 11.4. The van der Waals surface area contributed by atoms with Crippen LogP contribution in [0.1, 0.15) is 16.8 Å². The van der Waals surface area contributed by atoms with Gasteiger partial charge in [0.05, 0.1) is 29.6 Å². The van der Waals surface area contributed by atoms with Gasteiger partial charge in [-0.25, -0.2) is 0 Å². The summed E-state index contributed by atoms with van der Waals surface area (Å²) in [7, 11) is 2.04. The number of morpholine rings is 1. The van der Waals surface area contributed by atoms with Crippen LogP contribution in [0.25, 0.3) is 0 Å². The maximum absolute atomic E-state index is 13.3. The number of hydrogen-bond acceptors (Lipinski definition) is 5. The van der Waals surface area contributed by atoms with Crippen LogP contribution in [0.15, 0.2) is 42.5 Å². The average molecular weight is 541 g/mol. The Morgan fingerprint density at radius 1 is 0.971 bits per heavy atom. The van der Waals surface area contributed by atoms with Gasteiger partial charge in [0, 0.05) is 43.3 Å². The smallest absolute Gasteiger partial charge is 0.254 e. The molecule has 2 aromatic carbocycles. The van der Waals surface area contributed by atoms with E-state index < -0.39 is 5.60 Å². The fourth-order valence-corrected chi connectivity index (χ4v) is 4.77. The highest BCUT2D eigenvalue weighted by Gasteiger charge is 2.42. The van der Waals surface area contributed by atoms with Crippen LogP contribution >= 0.6 is 34.8 Å². The molecule has 0 unspecified atom stereocenters. The molecule has 1 atom stereocenters. The van der Waals surface area contributed by atoms with Crippen molar-refractivity contribution in [2.75, 3.05) is 59.5 Å². The number of carbonyl (C=O) groups excluding carboxylic acids is 2. The van der Waals surface area contributed by atoms with Crippen molar-refractivity contribution in [2.45, 2.75) is 12.0 Å². The summed E-state index contributed by atoms with van der Waals surface area (Å²) in [6, 6.07) is 11.9. The normalized spacial score (nSPS) is 21.1. The Bertz CT molecular complexity index is 1080. The standard InChI is InChI=1S/C25H28Cl3N3O4/c1-29-7-9-30(10-8-29)23(32)15-25(17-34-20-4-2-3-19(26)14-20)16-31(11-12-35-25)24(33)18-5-6-21(27)22(28)13-18/h2-6,13-14H,7-12,15-17H2,1H3/t25-/m0/s1. The summed E-state index contributed by atoms with van der Waals surface area (Å²) in [6.45, 7) is 3.92. The van der Waals surface area contributed by atoms with Crippen LogP contribution in [-0.2, 0) is 9.53 Å². The first-order valence-corrected chi connectivity index (χ1v) is 12.6. The summed E-state index contributed by atoms with van der Waals surface area (Å²) in [6.07, 6.45) is 0.0996. The van der Waals surface area contributed by atoms with Gasteiger partial charge in [0.1, 0.15) is 18.0 Å². The van der Waals surface area contributed by atoms with E-state index in [9.17, 15) is 9.59 Å². The maximum Gasteiger partial charge on any atom is 0.254 e. The Balaban J connectivity index is 1.54. The van der Waals surface area contributed by atoms with E-state index in [2.05, 4.69) is 4.90 Å². The van der Waals surface area contributed by atoms with Gasteiger partial charge in [-0.05, 0) is 43.4 Å². The van der Waals surface area contributed by atoms with Crippen LogP contribution in [0.3, 0.4) is 0 Å². The van der Waals surface area contributed by atoms with Crippen LogP contribution in [0.4, 0.5) is 0 Å². The molecular formula is C25H28Cl3N3O4. The topological polar surface area (TPSA) is 62.3 Å². The van der Waals surface area contributed by atoms with Crippen LogP contribution in [0.2, 0.25) is 15.1 Å². The molecule has 0 bridgehead atoms. The first-order chi connectivity index (χ1) is 16.7. The lowest BCUT2D eigenvalue weighted by molar-refractivity contribution is -0.154. The van der Waals surface area contributed by atoms with Gasteiger partial charge in [-0.3, -0.25) is 9.59 Å². The lowest BCUT2D eigenvalue weighted by Crippen LogP contribution is -2.59. The van der Waals surface area contributed by atoms with E-state index >= 15 is 0 Å². The first kappa shape index (κ1) is 26.0. The molecule has 2 saturated heterocycles. The monoisotopic (exact) mass is 539 g/mol. The molecule has 0 radical (unpaired) electrons. The summed E-state index contributed by atoms with van der Waals surface area (Å²) in [5.41, 5.74) is -0.580. The number of halogens is 3. The van der Waals surface area contributed by atoms with E-state index in [0.29, 0.717) is 46.0 Å². The highest BCUT2D eigenvalue weighted by atomic mass is 35.5. The van der Waals surface area contributed by atoms with Gasteiger partial charge in [0.25, 0.3) is 5.91 Å². The second-order valence-electron chi connectivity index (χ2n) is 8.99. The summed E-state index contributed by atoms with van der Waals surface area (Å²) >= 11 is 18.3. The van der Waals surface area contributed by atoms with Crippen LogP contribution in [0, 0.1) is 0 Å². The molecular weight excluding hydrogens is 513 g/mol. The summed E-state index contributed by atoms with van der Waals surface area (Å²) in [5.74, 6) is 0.350. The molecule has 0 aliphatic carbocycles.